The quantitative estimate of drug-likeness (QED) is 0.711. The van der Waals surface area contributed by atoms with Crippen LogP contribution in [-0.2, 0) is 12.0 Å². The Morgan fingerprint density at radius 1 is 1.17 bits per heavy atom. The number of nitrogens with one attached hydrogen (secondary N) is 1. The molecule has 29 heavy (non-hydrogen) atoms. The van der Waals surface area contributed by atoms with Gasteiger partial charge < -0.3 is 5.32 Å². The molecule has 5 rings (SSSR count). The van der Waals surface area contributed by atoms with Gasteiger partial charge in [0.05, 0.1) is 11.2 Å². The molecule has 148 valence electrons. The summed E-state index contributed by atoms with van der Waals surface area (Å²) in [5, 5.41) is 7.56. The summed E-state index contributed by atoms with van der Waals surface area (Å²) >= 11 is 0. The zero-order chi connectivity index (χ0) is 20.3. The molecule has 1 fully saturated rings. The fourth-order valence-electron chi connectivity index (χ4n) is 4.40. The van der Waals surface area contributed by atoms with Crippen LogP contribution in [0.5, 0.6) is 0 Å². The van der Waals surface area contributed by atoms with Gasteiger partial charge in [-0.25, -0.2) is 13.5 Å². The zero-order valence-electron chi connectivity index (χ0n) is 16.2. The molecule has 2 atom stereocenters. The van der Waals surface area contributed by atoms with Crippen molar-refractivity contribution in [3.63, 3.8) is 0 Å². The molecule has 0 bridgehead atoms. The zero-order valence-corrected chi connectivity index (χ0v) is 16.2. The lowest BCUT2D eigenvalue weighted by molar-refractivity contribution is 0.0905. The maximum atomic E-state index is 14.4. The van der Waals surface area contributed by atoms with Crippen molar-refractivity contribution in [2.75, 3.05) is 0 Å². The van der Waals surface area contributed by atoms with E-state index in [2.05, 4.69) is 10.4 Å². The second-order valence-electron chi connectivity index (χ2n) is 8.47. The monoisotopic (exact) mass is 393 g/mol. The summed E-state index contributed by atoms with van der Waals surface area (Å²) in [6.45, 7) is 3.88. The molecule has 1 aromatic heterocycles. The van der Waals surface area contributed by atoms with E-state index in [1.165, 1.54) is 16.8 Å². The van der Waals surface area contributed by atoms with E-state index in [0.29, 0.717) is 17.5 Å². The van der Waals surface area contributed by atoms with Gasteiger partial charge in [-0.3, -0.25) is 4.79 Å². The fourth-order valence-corrected chi connectivity index (χ4v) is 4.40. The number of aromatic nitrogens is 2. The third kappa shape index (κ3) is 2.94. The van der Waals surface area contributed by atoms with Crippen LogP contribution in [0.3, 0.4) is 0 Å². The molecule has 4 nitrogen and oxygen atoms in total. The molecule has 0 unspecified atom stereocenters. The molecule has 2 aromatic carbocycles. The Bertz CT molecular complexity index is 1120. The minimum Gasteiger partial charge on any atom is -0.342 e. The number of hydrogen-bond donors (Lipinski definition) is 1. The molecule has 1 amide bonds. The summed E-state index contributed by atoms with van der Waals surface area (Å²) in [4.78, 5) is 13.2. The van der Waals surface area contributed by atoms with Gasteiger partial charge in [-0.15, -0.1) is 0 Å². The van der Waals surface area contributed by atoms with Crippen LogP contribution in [0.15, 0.2) is 48.5 Å². The molecule has 2 aliphatic rings. The summed E-state index contributed by atoms with van der Waals surface area (Å²) in [5.74, 6) is -0.812. The maximum Gasteiger partial charge on any atom is 0.272 e. The number of rotatable bonds is 4. The molecule has 1 N–H and O–H groups in total. The second kappa shape index (κ2) is 6.24. The molecular weight excluding hydrogens is 372 g/mol. The molecule has 1 heterocycles. The van der Waals surface area contributed by atoms with Crippen molar-refractivity contribution >= 4 is 5.91 Å². The number of benzene rings is 2. The predicted octanol–water partition coefficient (Wildman–Crippen LogP) is 4.48. The minimum atomic E-state index is -0.684. The van der Waals surface area contributed by atoms with Crippen molar-refractivity contribution in [2.45, 2.75) is 38.1 Å². The Morgan fingerprint density at radius 2 is 1.93 bits per heavy atom. The molecule has 0 radical (unpaired) electrons. The van der Waals surface area contributed by atoms with Crippen molar-refractivity contribution in [3.8, 4) is 5.69 Å². The average Bonchev–Trinajstić information content (AvgIpc) is 3.18. The fraction of sp³-hybridized carbons (Fsp3) is 0.304. The largest absolute Gasteiger partial charge is 0.342 e. The Kier molecular flexibility index (Phi) is 3.88. The second-order valence-corrected chi connectivity index (χ2v) is 8.47. The van der Waals surface area contributed by atoms with Crippen LogP contribution in [0, 0.1) is 17.6 Å². The number of amides is 1. The first-order valence-corrected chi connectivity index (χ1v) is 9.80. The van der Waals surface area contributed by atoms with E-state index in [1.54, 1.807) is 0 Å². The topological polar surface area (TPSA) is 46.9 Å². The molecular formula is C23H21F2N3O. The third-order valence-corrected chi connectivity index (χ3v) is 6.04. The van der Waals surface area contributed by atoms with E-state index < -0.39 is 17.2 Å². The van der Waals surface area contributed by atoms with Crippen molar-refractivity contribution in [3.05, 3.63) is 82.7 Å². The predicted molar refractivity (Wildman–Crippen MR) is 105 cm³/mol. The first kappa shape index (κ1) is 18.0. The Hall–Kier alpha value is -3.02. The van der Waals surface area contributed by atoms with E-state index in [0.717, 1.165) is 35.7 Å². The van der Waals surface area contributed by atoms with E-state index in [-0.39, 0.29) is 11.6 Å². The normalized spacial score (nSPS) is 19.6. The van der Waals surface area contributed by atoms with Crippen LogP contribution in [0.2, 0.25) is 0 Å². The lowest BCUT2D eigenvalue weighted by Gasteiger charge is -2.26. The number of nitrogens with zero attached hydrogens (tertiary/aromatic N) is 2. The average molecular weight is 393 g/mol. The summed E-state index contributed by atoms with van der Waals surface area (Å²) in [5.41, 5.74) is 2.69. The number of carbonyl (C=O) groups excluding carboxylic acids is 1. The van der Waals surface area contributed by atoms with Gasteiger partial charge in [-0.2, -0.15) is 5.10 Å². The SMILES string of the molecule is CC(C)(NC(=O)c1nn(-c2ccc(F)cc2F)c2c1C[C@H]1C[C@@H]21)c1ccccc1. The number of fused-ring (bicyclic) bond motifs is 3. The molecule has 0 spiro atoms. The molecule has 2 aliphatic carbocycles. The summed E-state index contributed by atoms with van der Waals surface area (Å²) < 4.78 is 29.3. The van der Waals surface area contributed by atoms with E-state index in [9.17, 15) is 13.6 Å². The van der Waals surface area contributed by atoms with Crippen LogP contribution in [0.1, 0.15) is 53.5 Å². The standard InChI is InChI=1S/C23H21F2N3O/c1-23(2,14-6-4-3-5-7-14)26-22(29)20-17-11-13-10-16(13)21(17)28(27-20)19-9-8-15(24)12-18(19)25/h3-9,12-13,16H,10-11H2,1-2H3,(H,26,29)/t13-,16-/m1/s1. The van der Waals surface area contributed by atoms with Crippen molar-refractivity contribution < 1.29 is 13.6 Å². The van der Waals surface area contributed by atoms with Gasteiger partial charge in [0.25, 0.3) is 5.91 Å². The van der Waals surface area contributed by atoms with Gasteiger partial charge in [0.2, 0.25) is 0 Å². The lowest BCUT2D eigenvalue weighted by Crippen LogP contribution is -2.41. The summed E-state index contributed by atoms with van der Waals surface area (Å²) in [6.07, 6.45) is 1.80. The van der Waals surface area contributed by atoms with E-state index in [4.69, 9.17) is 0 Å². The maximum absolute atomic E-state index is 14.4. The Balaban J connectivity index is 1.53. The van der Waals surface area contributed by atoms with Crippen molar-refractivity contribution in [1.29, 1.82) is 0 Å². The van der Waals surface area contributed by atoms with Crippen molar-refractivity contribution in [1.82, 2.24) is 15.1 Å². The van der Waals surface area contributed by atoms with Gasteiger partial charge in [-0.05, 0) is 50.3 Å². The lowest BCUT2D eigenvalue weighted by atomic mass is 9.94. The molecule has 0 saturated heterocycles. The van der Waals surface area contributed by atoms with Gasteiger partial charge in [0.15, 0.2) is 11.5 Å². The molecule has 3 aromatic rings. The highest BCUT2D eigenvalue weighted by molar-refractivity contribution is 5.95. The van der Waals surface area contributed by atoms with Gasteiger partial charge in [0.1, 0.15) is 11.5 Å². The highest BCUT2D eigenvalue weighted by Gasteiger charge is 2.50. The Labute approximate surface area is 167 Å². The first-order valence-electron chi connectivity index (χ1n) is 9.80. The molecule has 6 heteroatoms. The minimum absolute atomic E-state index is 0.177. The van der Waals surface area contributed by atoms with Crippen LogP contribution in [0.25, 0.3) is 5.69 Å². The number of carbonyl (C=O) groups is 1. The van der Waals surface area contributed by atoms with Gasteiger partial charge >= 0.3 is 0 Å². The summed E-state index contributed by atoms with van der Waals surface area (Å²) in [6, 6.07) is 13.2. The highest BCUT2D eigenvalue weighted by Crippen LogP contribution is 2.57. The van der Waals surface area contributed by atoms with Crippen LogP contribution in [0.4, 0.5) is 8.78 Å². The van der Waals surface area contributed by atoms with Crippen molar-refractivity contribution in [2.24, 2.45) is 5.92 Å². The van der Waals surface area contributed by atoms with Gasteiger partial charge in [0, 0.05) is 17.5 Å². The van der Waals surface area contributed by atoms with Crippen LogP contribution < -0.4 is 5.32 Å². The third-order valence-electron chi connectivity index (χ3n) is 6.04. The van der Waals surface area contributed by atoms with Crippen LogP contribution in [-0.4, -0.2) is 15.7 Å². The van der Waals surface area contributed by atoms with E-state index >= 15 is 0 Å². The van der Waals surface area contributed by atoms with Crippen LogP contribution >= 0.6 is 0 Å². The molecule has 0 aliphatic heterocycles. The number of halogens is 2. The molecule has 1 saturated carbocycles. The Morgan fingerprint density at radius 3 is 2.66 bits per heavy atom. The first-order chi connectivity index (χ1) is 13.8. The number of hydrogen-bond acceptors (Lipinski definition) is 2. The summed E-state index contributed by atoms with van der Waals surface area (Å²) in [7, 11) is 0. The van der Waals surface area contributed by atoms with Gasteiger partial charge in [-0.1, -0.05) is 30.3 Å². The highest BCUT2D eigenvalue weighted by atomic mass is 19.1. The van der Waals surface area contributed by atoms with E-state index in [1.807, 2.05) is 44.2 Å². The smallest absolute Gasteiger partial charge is 0.272 e.